The maximum atomic E-state index is 11.9. The van der Waals surface area contributed by atoms with Crippen molar-refractivity contribution in [3.63, 3.8) is 0 Å². The summed E-state index contributed by atoms with van der Waals surface area (Å²) >= 11 is 2.09. The number of hydrogen-bond acceptors (Lipinski definition) is 4. The first-order valence-electron chi connectivity index (χ1n) is 9.19. The van der Waals surface area contributed by atoms with Crippen molar-refractivity contribution in [3.05, 3.63) is 0 Å². The summed E-state index contributed by atoms with van der Waals surface area (Å²) in [5, 5.41) is 7.60. The van der Waals surface area contributed by atoms with Gasteiger partial charge in [0.05, 0.1) is 0 Å². The van der Waals surface area contributed by atoms with Gasteiger partial charge in [0.25, 0.3) is 0 Å². The lowest BCUT2D eigenvalue weighted by Crippen LogP contribution is -2.51. The van der Waals surface area contributed by atoms with Gasteiger partial charge >= 0.3 is 6.09 Å². The second-order valence-corrected chi connectivity index (χ2v) is 9.51. The SMILES string of the molecule is CC1SCCCC1NC1CCCCC1CNC(=O)OC(C)(C)C. The molecule has 0 bridgehead atoms. The molecule has 1 saturated heterocycles. The fourth-order valence-corrected chi connectivity index (χ4v) is 4.77. The van der Waals surface area contributed by atoms with Crippen molar-refractivity contribution in [1.29, 1.82) is 0 Å². The Morgan fingerprint density at radius 3 is 2.52 bits per heavy atom. The first-order chi connectivity index (χ1) is 10.8. The Kier molecular flexibility index (Phi) is 7.08. The van der Waals surface area contributed by atoms with Gasteiger partial charge in [0.1, 0.15) is 5.60 Å². The van der Waals surface area contributed by atoms with Crippen molar-refractivity contribution in [1.82, 2.24) is 10.6 Å². The average molecular weight is 343 g/mol. The number of ether oxygens (including phenoxy) is 1. The van der Waals surface area contributed by atoms with E-state index < -0.39 is 5.60 Å². The van der Waals surface area contributed by atoms with Crippen molar-refractivity contribution in [2.75, 3.05) is 12.3 Å². The van der Waals surface area contributed by atoms with Gasteiger partial charge in [-0.05, 0) is 58.1 Å². The molecule has 2 aliphatic rings. The molecule has 0 aromatic rings. The minimum atomic E-state index is -0.428. The van der Waals surface area contributed by atoms with Gasteiger partial charge in [-0.25, -0.2) is 4.79 Å². The molecule has 4 atom stereocenters. The second kappa shape index (κ2) is 8.61. The highest BCUT2D eigenvalue weighted by Crippen LogP contribution is 2.29. The third-order valence-electron chi connectivity index (χ3n) is 4.85. The number of alkyl carbamates (subject to hydrolysis) is 1. The molecule has 2 fully saturated rings. The van der Waals surface area contributed by atoms with Crippen LogP contribution in [0.3, 0.4) is 0 Å². The molecule has 4 unspecified atom stereocenters. The van der Waals surface area contributed by atoms with Crippen molar-refractivity contribution >= 4 is 17.9 Å². The van der Waals surface area contributed by atoms with E-state index in [2.05, 4.69) is 29.3 Å². The Hall–Kier alpha value is -0.420. The molecule has 4 nitrogen and oxygen atoms in total. The van der Waals surface area contributed by atoms with E-state index in [1.54, 1.807) is 0 Å². The zero-order valence-electron chi connectivity index (χ0n) is 15.2. The van der Waals surface area contributed by atoms with Gasteiger partial charge in [-0.15, -0.1) is 0 Å². The third kappa shape index (κ3) is 6.54. The monoisotopic (exact) mass is 342 g/mol. The van der Waals surface area contributed by atoms with Crippen LogP contribution in [0.4, 0.5) is 4.79 Å². The van der Waals surface area contributed by atoms with Crippen LogP contribution in [0.5, 0.6) is 0 Å². The van der Waals surface area contributed by atoms with Crippen LogP contribution < -0.4 is 10.6 Å². The summed E-state index contributed by atoms with van der Waals surface area (Å²) in [4.78, 5) is 11.9. The van der Waals surface area contributed by atoms with Crippen LogP contribution >= 0.6 is 11.8 Å². The summed E-state index contributed by atoms with van der Waals surface area (Å²) in [5.74, 6) is 1.82. The van der Waals surface area contributed by atoms with Gasteiger partial charge in [0, 0.05) is 23.9 Å². The molecule has 2 rings (SSSR count). The molecule has 1 aliphatic heterocycles. The molecule has 1 aliphatic carbocycles. The zero-order chi connectivity index (χ0) is 16.9. The fourth-order valence-electron chi connectivity index (χ4n) is 3.62. The van der Waals surface area contributed by atoms with Gasteiger partial charge in [-0.2, -0.15) is 11.8 Å². The molecule has 23 heavy (non-hydrogen) atoms. The first-order valence-corrected chi connectivity index (χ1v) is 10.2. The van der Waals surface area contributed by atoms with E-state index >= 15 is 0 Å². The Morgan fingerprint density at radius 2 is 1.83 bits per heavy atom. The standard InChI is InChI=1S/C18H34N2O2S/c1-13-15(10-7-11-23-13)20-16-9-6-5-8-14(16)12-19-17(21)22-18(2,3)4/h13-16,20H,5-12H2,1-4H3,(H,19,21). The number of carbonyl (C=O) groups excluding carboxylic acids is 1. The summed E-state index contributed by atoms with van der Waals surface area (Å²) in [6.07, 6.45) is 7.32. The molecule has 0 aromatic heterocycles. The number of nitrogens with one attached hydrogen (secondary N) is 2. The fraction of sp³-hybridized carbons (Fsp3) is 0.944. The lowest BCUT2D eigenvalue weighted by atomic mass is 9.83. The molecule has 0 radical (unpaired) electrons. The predicted octanol–water partition coefficient (Wildman–Crippen LogP) is 3.94. The molecular weight excluding hydrogens is 308 g/mol. The number of amides is 1. The molecule has 2 N–H and O–H groups in total. The quantitative estimate of drug-likeness (QED) is 0.812. The Balaban J connectivity index is 1.82. The summed E-state index contributed by atoms with van der Waals surface area (Å²) in [6.45, 7) is 8.78. The van der Waals surface area contributed by atoms with Gasteiger partial charge in [-0.1, -0.05) is 19.8 Å². The molecule has 5 heteroatoms. The van der Waals surface area contributed by atoms with E-state index in [0.29, 0.717) is 23.3 Å². The number of hydrogen-bond donors (Lipinski definition) is 2. The Labute approximate surface area is 145 Å². The van der Waals surface area contributed by atoms with E-state index in [1.807, 2.05) is 20.8 Å². The topological polar surface area (TPSA) is 50.4 Å². The van der Waals surface area contributed by atoms with E-state index in [4.69, 9.17) is 4.74 Å². The van der Waals surface area contributed by atoms with Crippen molar-refractivity contribution < 1.29 is 9.53 Å². The Morgan fingerprint density at radius 1 is 1.13 bits per heavy atom. The maximum absolute atomic E-state index is 11.9. The summed E-state index contributed by atoms with van der Waals surface area (Å²) in [6, 6.07) is 1.16. The highest BCUT2D eigenvalue weighted by molar-refractivity contribution is 7.99. The normalized spacial score (nSPS) is 32.3. The van der Waals surface area contributed by atoms with Crippen molar-refractivity contribution in [3.8, 4) is 0 Å². The number of rotatable bonds is 4. The summed E-state index contributed by atoms with van der Waals surface area (Å²) in [5.41, 5.74) is -0.428. The lowest BCUT2D eigenvalue weighted by Gasteiger charge is -2.38. The largest absolute Gasteiger partial charge is 0.444 e. The minimum absolute atomic E-state index is 0.289. The van der Waals surface area contributed by atoms with Gasteiger partial charge in [0.15, 0.2) is 0 Å². The molecule has 1 amide bonds. The average Bonchev–Trinajstić information content (AvgIpc) is 2.47. The highest BCUT2D eigenvalue weighted by Gasteiger charge is 2.30. The zero-order valence-corrected chi connectivity index (χ0v) is 16.0. The van der Waals surface area contributed by atoms with Crippen molar-refractivity contribution in [2.24, 2.45) is 5.92 Å². The second-order valence-electron chi connectivity index (χ2n) is 8.03. The van der Waals surface area contributed by atoms with Gasteiger partial charge < -0.3 is 15.4 Å². The van der Waals surface area contributed by atoms with Crippen LogP contribution in [0.25, 0.3) is 0 Å². The van der Waals surface area contributed by atoms with Gasteiger partial charge in [0.2, 0.25) is 0 Å². The van der Waals surface area contributed by atoms with Crippen LogP contribution in [-0.2, 0) is 4.74 Å². The molecule has 0 spiro atoms. The number of carbonyl (C=O) groups is 1. The first kappa shape index (κ1) is 18.9. The molecular formula is C18H34N2O2S. The molecule has 1 saturated carbocycles. The van der Waals surface area contributed by atoms with Crippen molar-refractivity contribution in [2.45, 2.75) is 89.2 Å². The maximum Gasteiger partial charge on any atom is 0.407 e. The smallest absolute Gasteiger partial charge is 0.407 e. The van der Waals surface area contributed by atoms with E-state index in [9.17, 15) is 4.79 Å². The third-order valence-corrected chi connectivity index (χ3v) is 6.23. The van der Waals surface area contributed by atoms with Crippen LogP contribution in [0.1, 0.15) is 66.2 Å². The minimum Gasteiger partial charge on any atom is -0.444 e. The predicted molar refractivity (Wildman–Crippen MR) is 98.1 cm³/mol. The molecule has 1 heterocycles. The summed E-state index contributed by atoms with van der Waals surface area (Å²) in [7, 11) is 0. The lowest BCUT2D eigenvalue weighted by molar-refractivity contribution is 0.0509. The van der Waals surface area contributed by atoms with Crippen LogP contribution in [0.15, 0.2) is 0 Å². The number of thioether (sulfide) groups is 1. The van der Waals surface area contributed by atoms with Crippen LogP contribution in [-0.4, -0.2) is 41.3 Å². The van der Waals surface area contributed by atoms with E-state index in [-0.39, 0.29) is 6.09 Å². The Bertz CT molecular complexity index is 384. The highest BCUT2D eigenvalue weighted by atomic mass is 32.2. The van der Waals surface area contributed by atoms with Gasteiger partial charge in [-0.3, -0.25) is 0 Å². The molecule has 134 valence electrons. The van der Waals surface area contributed by atoms with E-state index in [0.717, 1.165) is 6.54 Å². The molecule has 0 aromatic carbocycles. The van der Waals surface area contributed by atoms with Crippen LogP contribution in [0.2, 0.25) is 0 Å². The summed E-state index contributed by atoms with van der Waals surface area (Å²) < 4.78 is 5.36. The van der Waals surface area contributed by atoms with E-state index in [1.165, 1.54) is 44.3 Å². The van der Waals surface area contributed by atoms with Crippen LogP contribution in [0, 0.1) is 5.92 Å².